The van der Waals surface area contributed by atoms with Crippen LogP contribution in [0.4, 0.5) is 0 Å². The topological polar surface area (TPSA) is 21.3 Å². The molecule has 1 N–H and O–H groups in total. The van der Waals surface area contributed by atoms with Gasteiger partial charge in [0.25, 0.3) is 0 Å². The average molecular weight is 302 g/mol. The van der Waals surface area contributed by atoms with Crippen molar-refractivity contribution in [1.82, 2.24) is 5.32 Å². The van der Waals surface area contributed by atoms with E-state index in [9.17, 15) is 0 Å². The molecular formula is C15H27NOS2. The van der Waals surface area contributed by atoms with E-state index in [0.717, 1.165) is 12.5 Å². The van der Waals surface area contributed by atoms with Crippen molar-refractivity contribution in [2.45, 2.75) is 55.4 Å². The van der Waals surface area contributed by atoms with Gasteiger partial charge in [-0.1, -0.05) is 0 Å². The predicted molar refractivity (Wildman–Crippen MR) is 86.3 cm³/mol. The summed E-state index contributed by atoms with van der Waals surface area (Å²) < 4.78 is 6.64. The lowest BCUT2D eigenvalue weighted by Crippen LogP contribution is -2.53. The number of hydrogen-bond acceptors (Lipinski definition) is 4. The van der Waals surface area contributed by atoms with Crippen molar-refractivity contribution < 1.29 is 4.74 Å². The molecule has 0 aliphatic carbocycles. The summed E-state index contributed by atoms with van der Waals surface area (Å²) in [7, 11) is 2.17. The van der Waals surface area contributed by atoms with Gasteiger partial charge in [0.2, 0.25) is 0 Å². The van der Waals surface area contributed by atoms with E-state index in [1.807, 2.05) is 0 Å². The zero-order valence-corrected chi connectivity index (χ0v) is 13.9. The quantitative estimate of drug-likeness (QED) is 0.864. The summed E-state index contributed by atoms with van der Waals surface area (Å²) in [6, 6.07) is 0.659. The van der Waals surface area contributed by atoms with Crippen LogP contribution >= 0.6 is 23.5 Å². The lowest BCUT2D eigenvalue weighted by molar-refractivity contribution is -0.0865. The Morgan fingerprint density at radius 1 is 1.32 bits per heavy atom. The van der Waals surface area contributed by atoms with Gasteiger partial charge in [-0.15, -0.1) is 0 Å². The maximum absolute atomic E-state index is 6.19. The summed E-state index contributed by atoms with van der Waals surface area (Å²) in [6.45, 7) is 3.46. The van der Waals surface area contributed by atoms with E-state index >= 15 is 0 Å². The third kappa shape index (κ3) is 2.83. The second-order valence-corrected chi connectivity index (χ2v) is 9.35. The molecule has 2 nitrogen and oxygen atoms in total. The molecule has 3 fully saturated rings. The molecule has 19 heavy (non-hydrogen) atoms. The number of rotatable bonds is 3. The maximum Gasteiger partial charge on any atom is 0.0783 e. The van der Waals surface area contributed by atoms with Crippen molar-refractivity contribution >= 4 is 23.5 Å². The smallest absolute Gasteiger partial charge is 0.0783 e. The Bertz CT molecular complexity index is 311. The van der Waals surface area contributed by atoms with Crippen molar-refractivity contribution in [3.63, 3.8) is 0 Å². The Kier molecular flexibility index (Phi) is 4.43. The van der Waals surface area contributed by atoms with Crippen LogP contribution in [0.25, 0.3) is 0 Å². The van der Waals surface area contributed by atoms with Gasteiger partial charge in [0.1, 0.15) is 0 Å². The zero-order chi connectivity index (χ0) is 13.3. The van der Waals surface area contributed by atoms with Crippen LogP contribution in [0.2, 0.25) is 0 Å². The molecule has 3 aliphatic rings. The molecule has 3 heterocycles. The largest absolute Gasteiger partial charge is 0.374 e. The fraction of sp³-hybridized carbons (Fsp3) is 1.00. The minimum atomic E-state index is 0.225. The molecule has 4 atom stereocenters. The van der Waals surface area contributed by atoms with Gasteiger partial charge in [-0.3, -0.25) is 0 Å². The first-order chi connectivity index (χ1) is 9.18. The van der Waals surface area contributed by atoms with Gasteiger partial charge < -0.3 is 10.1 Å². The van der Waals surface area contributed by atoms with E-state index < -0.39 is 0 Å². The summed E-state index contributed by atoms with van der Waals surface area (Å²) >= 11 is 4.27. The number of nitrogens with one attached hydrogen (secondary N) is 1. The van der Waals surface area contributed by atoms with Gasteiger partial charge >= 0.3 is 0 Å². The second-order valence-electron chi connectivity index (χ2n) is 6.62. The number of thioether (sulfide) groups is 2. The van der Waals surface area contributed by atoms with E-state index in [1.165, 1.54) is 49.4 Å². The Morgan fingerprint density at radius 3 is 2.84 bits per heavy atom. The summed E-state index contributed by atoms with van der Waals surface area (Å²) in [5, 5.41) is 3.68. The summed E-state index contributed by atoms with van der Waals surface area (Å²) in [5.74, 6) is 4.67. The Labute approximate surface area is 126 Å². The fourth-order valence-electron chi connectivity index (χ4n) is 4.30. The van der Waals surface area contributed by atoms with Crippen LogP contribution in [0.5, 0.6) is 0 Å². The SMILES string of the molecule is CNC(C1CCOC2(CCSC2)C1)C1(C)CCCS1. The maximum atomic E-state index is 6.19. The standard InChI is InChI=1S/C15H27NOS2/c1-14(5-3-8-19-14)13(16-2)12-4-7-17-15(10-12)6-9-18-11-15/h12-13,16H,3-11H2,1-2H3. The monoisotopic (exact) mass is 301 g/mol. The van der Waals surface area contributed by atoms with Crippen LogP contribution in [0.1, 0.15) is 39.0 Å². The second kappa shape index (κ2) is 5.78. The van der Waals surface area contributed by atoms with Crippen molar-refractivity contribution in [1.29, 1.82) is 0 Å². The highest BCUT2D eigenvalue weighted by Crippen LogP contribution is 2.48. The molecule has 4 heteroatoms. The molecule has 4 unspecified atom stereocenters. The summed E-state index contributed by atoms with van der Waals surface area (Å²) in [6.07, 6.45) is 6.57. The van der Waals surface area contributed by atoms with E-state index in [1.54, 1.807) is 0 Å². The molecule has 1 spiro atoms. The minimum absolute atomic E-state index is 0.225. The van der Waals surface area contributed by atoms with Gasteiger partial charge in [-0.2, -0.15) is 23.5 Å². The molecule has 0 aromatic carbocycles. The molecule has 0 saturated carbocycles. The van der Waals surface area contributed by atoms with E-state index in [4.69, 9.17) is 4.74 Å². The first-order valence-corrected chi connectivity index (χ1v) is 9.84. The Balaban J connectivity index is 1.72. The lowest BCUT2D eigenvalue weighted by atomic mass is 9.76. The van der Waals surface area contributed by atoms with Gasteiger partial charge in [0.05, 0.1) is 5.60 Å². The van der Waals surface area contributed by atoms with Crippen LogP contribution < -0.4 is 5.32 Å². The molecule has 110 valence electrons. The van der Waals surface area contributed by atoms with E-state index in [2.05, 4.69) is 42.8 Å². The normalized spacial score (nSPS) is 44.8. The highest BCUT2D eigenvalue weighted by atomic mass is 32.2. The van der Waals surface area contributed by atoms with Crippen molar-refractivity contribution in [3.8, 4) is 0 Å². The Morgan fingerprint density at radius 2 is 2.21 bits per heavy atom. The van der Waals surface area contributed by atoms with Crippen molar-refractivity contribution in [2.24, 2.45) is 5.92 Å². The lowest BCUT2D eigenvalue weighted by Gasteiger charge is -2.45. The third-order valence-corrected chi connectivity index (χ3v) is 8.12. The van der Waals surface area contributed by atoms with E-state index in [-0.39, 0.29) is 5.60 Å². The van der Waals surface area contributed by atoms with Gasteiger partial charge in [0, 0.05) is 23.1 Å². The van der Waals surface area contributed by atoms with Crippen LogP contribution in [0.15, 0.2) is 0 Å². The van der Waals surface area contributed by atoms with Crippen LogP contribution in [-0.2, 0) is 4.74 Å². The average Bonchev–Trinajstić information content (AvgIpc) is 3.01. The number of hydrogen-bond donors (Lipinski definition) is 1. The highest BCUT2D eigenvalue weighted by Gasteiger charge is 2.47. The first kappa shape index (κ1) is 14.6. The van der Waals surface area contributed by atoms with E-state index in [0.29, 0.717) is 10.8 Å². The zero-order valence-electron chi connectivity index (χ0n) is 12.2. The van der Waals surface area contributed by atoms with Crippen molar-refractivity contribution in [3.05, 3.63) is 0 Å². The highest BCUT2D eigenvalue weighted by molar-refractivity contribution is 8.01. The molecule has 0 bridgehead atoms. The molecule has 0 aromatic heterocycles. The van der Waals surface area contributed by atoms with Crippen LogP contribution in [0, 0.1) is 5.92 Å². The first-order valence-electron chi connectivity index (χ1n) is 7.70. The molecule has 3 saturated heterocycles. The molecule has 3 rings (SSSR count). The van der Waals surface area contributed by atoms with Crippen molar-refractivity contribution in [2.75, 3.05) is 30.9 Å². The molecule has 0 aromatic rings. The summed E-state index contributed by atoms with van der Waals surface area (Å²) in [4.78, 5) is 0. The molecular weight excluding hydrogens is 274 g/mol. The number of ether oxygens (including phenoxy) is 1. The van der Waals surface area contributed by atoms with Crippen LogP contribution in [-0.4, -0.2) is 47.3 Å². The predicted octanol–water partition coefficient (Wildman–Crippen LogP) is 3.16. The third-order valence-electron chi connectivity index (χ3n) is 5.29. The fourth-order valence-corrected chi connectivity index (χ4v) is 7.21. The van der Waals surface area contributed by atoms with Gasteiger partial charge in [-0.05, 0) is 63.5 Å². The minimum Gasteiger partial charge on any atom is -0.374 e. The molecule has 3 aliphatic heterocycles. The molecule has 0 radical (unpaired) electrons. The Hall–Kier alpha value is 0.620. The molecule has 0 amide bonds. The van der Waals surface area contributed by atoms with Gasteiger partial charge in [-0.25, -0.2) is 0 Å². The van der Waals surface area contributed by atoms with Crippen LogP contribution in [0.3, 0.4) is 0 Å². The summed E-state index contributed by atoms with van der Waals surface area (Å²) in [5.41, 5.74) is 0.225. The van der Waals surface area contributed by atoms with Gasteiger partial charge in [0.15, 0.2) is 0 Å².